The Kier molecular flexibility index (Phi) is 5.08. The van der Waals surface area contributed by atoms with Crippen LogP contribution in [-0.2, 0) is 4.79 Å². The number of benzene rings is 1. The van der Waals surface area contributed by atoms with Crippen LogP contribution < -0.4 is 11.1 Å². The van der Waals surface area contributed by atoms with Gasteiger partial charge in [-0.3, -0.25) is 4.79 Å². The monoisotopic (exact) mass is 264 g/mol. The molecule has 0 aromatic heterocycles. The minimum Gasteiger partial charge on any atom is -0.355 e. The van der Waals surface area contributed by atoms with E-state index in [0.29, 0.717) is 11.7 Å². The molecular formula is C14H20N2OS. The molecule has 1 amide bonds. The Labute approximate surface area is 113 Å². The number of hydrogen-bond donors (Lipinski definition) is 2. The van der Waals surface area contributed by atoms with Crippen molar-refractivity contribution in [3.8, 4) is 0 Å². The summed E-state index contributed by atoms with van der Waals surface area (Å²) >= 11 is 1.95. The van der Waals surface area contributed by atoms with Crippen molar-refractivity contribution in [2.75, 3.05) is 12.3 Å². The van der Waals surface area contributed by atoms with Crippen LogP contribution >= 0.6 is 11.8 Å². The Balaban J connectivity index is 1.73. The lowest BCUT2D eigenvalue weighted by Gasteiger charge is -2.14. The van der Waals surface area contributed by atoms with Crippen molar-refractivity contribution in [2.24, 2.45) is 5.73 Å². The number of rotatable bonds is 5. The maximum atomic E-state index is 11.8. The molecule has 1 saturated heterocycles. The Morgan fingerprint density at radius 3 is 2.89 bits per heavy atom. The molecule has 0 saturated carbocycles. The molecule has 1 fully saturated rings. The molecule has 1 aliphatic rings. The first kappa shape index (κ1) is 13.4. The van der Waals surface area contributed by atoms with Crippen LogP contribution in [0, 0.1) is 0 Å². The van der Waals surface area contributed by atoms with Crippen molar-refractivity contribution in [1.82, 2.24) is 5.32 Å². The standard InChI is InChI=1S/C14H20N2OS/c15-13(11-5-2-1-3-6-11)9-14(17)16-10-12-7-4-8-18-12/h1-3,5-6,12-13H,4,7-10,15H2,(H,16,17). The molecule has 3 nitrogen and oxygen atoms in total. The Morgan fingerprint density at radius 1 is 1.44 bits per heavy atom. The zero-order chi connectivity index (χ0) is 12.8. The number of carbonyl (C=O) groups excluding carboxylic acids is 1. The lowest BCUT2D eigenvalue weighted by Crippen LogP contribution is -2.32. The molecule has 1 aromatic carbocycles. The lowest BCUT2D eigenvalue weighted by atomic mass is 10.0. The third-order valence-electron chi connectivity index (χ3n) is 3.18. The molecular weight excluding hydrogens is 244 g/mol. The van der Waals surface area contributed by atoms with Crippen molar-refractivity contribution in [2.45, 2.75) is 30.6 Å². The molecule has 18 heavy (non-hydrogen) atoms. The van der Waals surface area contributed by atoms with Crippen molar-refractivity contribution in [3.63, 3.8) is 0 Å². The van der Waals surface area contributed by atoms with Gasteiger partial charge < -0.3 is 11.1 Å². The molecule has 0 spiro atoms. The average Bonchev–Trinajstić information content (AvgIpc) is 2.90. The highest BCUT2D eigenvalue weighted by molar-refractivity contribution is 8.00. The molecule has 98 valence electrons. The summed E-state index contributed by atoms with van der Waals surface area (Å²) in [7, 11) is 0. The Morgan fingerprint density at radius 2 is 2.22 bits per heavy atom. The predicted molar refractivity (Wildman–Crippen MR) is 76.5 cm³/mol. The summed E-state index contributed by atoms with van der Waals surface area (Å²) in [5, 5.41) is 3.58. The van der Waals surface area contributed by atoms with Gasteiger partial charge in [-0.25, -0.2) is 0 Å². The molecule has 0 aliphatic carbocycles. The molecule has 1 aliphatic heterocycles. The van der Waals surface area contributed by atoms with E-state index in [1.807, 2.05) is 42.1 Å². The van der Waals surface area contributed by atoms with E-state index in [1.54, 1.807) is 0 Å². The van der Waals surface area contributed by atoms with Crippen molar-refractivity contribution < 1.29 is 4.79 Å². The van der Waals surface area contributed by atoms with E-state index < -0.39 is 0 Å². The van der Waals surface area contributed by atoms with Crippen LogP contribution in [0.25, 0.3) is 0 Å². The molecule has 2 atom stereocenters. The first-order valence-corrected chi connectivity index (χ1v) is 7.49. The summed E-state index contributed by atoms with van der Waals surface area (Å²) in [6.45, 7) is 0.783. The van der Waals surface area contributed by atoms with Gasteiger partial charge in [-0.05, 0) is 24.2 Å². The first-order valence-electron chi connectivity index (χ1n) is 6.44. The molecule has 4 heteroatoms. The topological polar surface area (TPSA) is 55.1 Å². The second-order valence-corrected chi connectivity index (χ2v) is 6.07. The van der Waals surface area contributed by atoms with Crippen molar-refractivity contribution in [3.05, 3.63) is 35.9 Å². The van der Waals surface area contributed by atoms with Gasteiger partial charge in [0, 0.05) is 24.3 Å². The van der Waals surface area contributed by atoms with E-state index in [9.17, 15) is 4.79 Å². The van der Waals surface area contributed by atoms with E-state index in [4.69, 9.17) is 5.73 Å². The SMILES string of the molecule is NC(CC(=O)NCC1CCCS1)c1ccccc1. The molecule has 2 rings (SSSR count). The summed E-state index contributed by atoms with van der Waals surface area (Å²) in [5.41, 5.74) is 7.03. The van der Waals surface area contributed by atoms with Gasteiger partial charge in [0.2, 0.25) is 5.91 Å². The average molecular weight is 264 g/mol. The summed E-state index contributed by atoms with van der Waals surface area (Å²) in [5.74, 6) is 1.28. The van der Waals surface area contributed by atoms with Gasteiger partial charge in [-0.15, -0.1) is 0 Å². The number of nitrogens with one attached hydrogen (secondary N) is 1. The van der Waals surface area contributed by atoms with E-state index in [0.717, 1.165) is 12.1 Å². The highest BCUT2D eigenvalue weighted by atomic mass is 32.2. The van der Waals surface area contributed by atoms with E-state index >= 15 is 0 Å². The highest BCUT2D eigenvalue weighted by Crippen LogP contribution is 2.25. The van der Waals surface area contributed by atoms with Crippen molar-refractivity contribution in [1.29, 1.82) is 0 Å². The minimum atomic E-state index is -0.206. The second-order valence-electron chi connectivity index (χ2n) is 4.66. The molecule has 1 heterocycles. The predicted octanol–water partition coefficient (Wildman–Crippen LogP) is 2.09. The van der Waals surface area contributed by atoms with Gasteiger partial charge >= 0.3 is 0 Å². The van der Waals surface area contributed by atoms with Gasteiger partial charge in [-0.2, -0.15) is 11.8 Å². The number of thioether (sulfide) groups is 1. The summed E-state index contributed by atoms with van der Waals surface area (Å²) in [6, 6.07) is 9.57. The van der Waals surface area contributed by atoms with Gasteiger partial charge in [0.15, 0.2) is 0 Å². The van der Waals surface area contributed by atoms with Gasteiger partial charge in [0.25, 0.3) is 0 Å². The fourth-order valence-corrected chi connectivity index (χ4v) is 3.32. The highest BCUT2D eigenvalue weighted by Gasteiger charge is 2.17. The second kappa shape index (κ2) is 6.81. The first-order chi connectivity index (χ1) is 8.75. The maximum Gasteiger partial charge on any atom is 0.221 e. The van der Waals surface area contributed by atoms with Crippen LogP contribution in [0.5, 0.6) is 0 Å². The van der Waals surface area contributed by atoms with Crippen LogP contribution in [-0.4, -0.2) is 23.5 Å². The summed E-state index contributed by atoms with van der Waals surface area (Å²) in [4.78, 5) is 11.8. The van der Waals surface area contributed by atoms with Crippen LogP contribution in [0.3, 0.4) is 0 Å². The summed E-state index contributed by atoms with van der Waals surface area (Å²) in [6.07, 6.45) is 2.85. The zero-order valence-electron chi connectivity index (χ0n) is 10.5. The van der Waals surface area contributed by atoms with Gasteiger partial charge in [0.1, 0.15) is 0 Å². The Hall–Kier alpha value is -1.00. The number of nitrogens with two attached hydrogens (primary N) is 1. The maximum absolute atomic E-state index is 11.8. The number of carbonyl (C=O) groups is 1. The van der Waals surface area contributed by atoms with E-state index in [-0.39, 0.29) is 11.9 Å². The summed E-state index contributed by atoms with van der Waals surface area (Å²) < 4.78 is 0. The molecule has 2 unspecified atom stereocenters. The van der Waals surface area contributed by atoms with E-state index in [2.05, 4.69) is 5.32 Å². The lowest BCUT2D eigenvalue weighted by molar-refractivity contribution is -0.121. The zero-order valence-corrected chi connectivity index (χ0v) is 11.3. The largest absolute Gasteiger partial charge is 0.355 e. The van der Waals surface area contributed by atoms with Crippen molar-refractivity contribution >= 4 is 17.7 Å². The molecule has 3 N–H and O–H groups in total. The molecule has 0 bridgehead atoms. The third-order valence-corrected chi connectivity index (χ3v) is 4.58. The molecule has 1 aromatic rings. The van der Waals surface area contributed by atoms with Gasteiger partial charge in [0.05, 0.1) is 0 Å². The van der Waals surface area contributed by atoms with Crippen LogP contribution in [0.2, 0.25) is 0 Å². The molecule has 0 radical (unpaired) electrons. The van der Waals surface area contributed by atoms with Gasteiger partial charge in [-0.1, -0.05) is 30.3 Å². The van der Waals surface area contributed by atoms with Crippen LogP contribution in [0.1, 0.15) is 30.9 Å². The Bertz CT molecular complexity index is 377. The fraction of sp³-hybridized carbons (Fsp3) is 0.500. The smallest absolute Gasteiger partial charge is 0.221 e. The minimum absolute atomic E-state index is 0.0545. The van der Waals surface area contributed by atoms with Crippen LogP contribution in [0.4, 0.5) is 0 Å². The normalized spacial score (nSPS) is 20.6. The quantitative estimate of drug-likeness (QED) is 0.856. The third kappa shape index (κ3) is 4.03. The number of hydrogen-bond acceptors (Lipinski definition) is 3. The fourth-order valence-electron chi connectivity index (χ4n) is 2.12. The number of amides is 1. The van der Waals surface area contributed by atoms with E-state index in [1.165, 1.54) is 18.6 Å². The van der Waals surface area contributed by atoms with Crippen LogP contribution in [0.15, 0.2) is 30.3 Å².